The van der Waals surface area contributed by atoms with Crippen LogP contribution in [-0.4, -0.2) is 55.2 Å². The Morgan fingerprint density at radius 2 is 1.94 bits per heavy atom. The molecule has 3 N–H and O–H groups in total. The standard InChI is InChI=1S/C13H19N3O2/c17-13(18)11-1-3-12(4-2-11)15-7-10-16-8-5-14-6-9-16/h1-4,14-15H,5-10H2,(H,17,18). The first kappa shape index (κ1) is 12.9. The fourth-order valence-corrected chi connectivity index (χ4v) is 2.02. The highest BCUT2D eigenvalue weighted by molar-refractivity contribution is 5.87. The Morgan fingerprint density at radius 1 is 1.28 bits per heavy atom. The zero-order chi connectivity index (χ0) is 12.8. The molecule has 0 saturated carbocycles. The summed E-state index contributed by atoms with van der Waals surface area (Å²) in [6.07, 6.45) is 0. The fraction of sp³-hybridized carbons (Fsp3) is 0.462. The molecule has 1 heterocycles. The van der Waals surface area contributed by atoms with Gasteiger partial charge in [-0.2, -0.15) is 0 Å². The minimum Gasteiger partial charge on any atom is -0.478 e. The highest BCUT2D eigenvalue weighted by Crippen LogP contribution is 2.09. The van der Waals surface area contributed by atoms with Crippen molar-refractivity contribution in [3.05, 3.63) is 29.8 Å². The molecular formula is C13H19N3O2. The van der Waals surface area contributed by atoms with E-state index in [9.17, 15) is 4.79 Å². The second-order valence-electron chi connectivity index (χ2n) is 4.40. The average molecular weight is 249 g/mol. The number of carboxylic acids is 1. The summed E-state index contributed by atoms with van der Waals surface area (Å²) in [6.45, 7) is 6.22. The van der Waals surface area contributed by atoms with Crippen LogP contribution in [0.5, 0.6) is 0 Å². The summed E-state index contributed by atoms with van der Waals surface area (Å²) in [5.41, 5.74) is 1.29. The van der Waals surface area contributed by atoms with Crippen LogP contribution < -0.4 is 10.6 Å². The van der Waals surface area contributed by atoms with Gasteiger partial charge >= 0.3 is 5.97 Å². The lowest BCUT2D eigenvalue weighted by atomic mass is 10.2. The van der Waals surface area contributed by atoms with Crippen molar-refractivity contribution in [2.75, 3.05) is 44.6 Å². The quantitative estimate of drug-likeness (QED) is 0.717. The Morgan fingerprint density at radius 3 is 2.56 bits per heavy atom. The predicted octanol–water partition coefficient (Wildman–Crippen LogP) is 0.702. The van der Waals surface area contributed by atoms with E-state index in [2.05, 4.69) is 15.5 Å². The summed E-state index contributed by atoms with van der Waals surface area (Å²) in [4.78, 5) is 13.1. The van der Waals surface area contributed by atoms with Gasteiger partial charge in [0.25, 0.3) is 0 Å². The van der Waals surface area contributed by atoms with Crippen LogP contribution in [0.2, 0.25) is 0 Å². The van der Waals surface area contributed by atoms with Gasteiger partial charge in [0.1, 0.15) is 0 Å². The van der Waals surface area contributed by atoms with Crippen LogP contribution in [0, 0.1) is 0 Å². The molecule has 18 heavy (non-hydrogen) atoms. The van der Waals surface area contributed by atoms with Crippen LogP contribution in [0.4, 0.5) is 5.69 Å². The van der Waals surface area contributed by atoms with Crippen molar-refractivity contribution in [1.29, 1.82) is 0 Å². The Bertz CT molecular complexity index is 386. The molecule has 0 unspecified atom stereocenters. The first-order valence-electron chi connectivity index (χ1n) is 6.26. The largest absolute Gasteiger partial charge is 0.478 e. The van der Waals surface area contributed by atoms with E-state index in [1.807, 2.05) is 0 Å². The van der Waals surface area contributed by atoms with Crippen LogP contribution in [0.25, 0.3) is 0 Å². The highest BCUT2D eigenvalue weighted by atomic mass is 16.4. The Labute approximate surface area is 107 Å². The third kappa shape index (κ3) is 3.72. The van der Waals surface area contributed by atoms with Crippen LogP contribution in [-0.2, 0) is 0 Å². The first-order valence-corrected chi connectivity index (χ1v) is 6.26. The van der Waals surface area contributed by atoms with Crippen molar-refractivity contribution in [3.63, 3.8) is 0 Å². The Balaban J connectivity index is 1.74. The van der Waals surface area contributed by atoms with Crippen molar-refractivity contribution in [1.82, 2.24) is 10.2 Å². The molecule has 1 aliphatic heterocycles. The molecule has 5 heteroatoms. The number of nitrogens with one attached hydrogen (secondary N) is 2. The molecule has 0 aliphatic carbocycles. The van der Waals surface area contributed by atoms with Crippen molar-refractivity contribution >= 4 is 11.7 Å². The molecule has 5 nitrogen and oxygen atoms in total. The van der Waals surface area contributed by atoms with Crippen molar-refractivity contribution < 1.29 is 9.90 Å². The number of hydrogen-bond donors (Lipinski definition) is 3. The van der Waals surface area contributed by atoms with E-state index < -0.39 is 5.97 Å². The van der Waals surface area contributed by atoms with Crippen LogP contribution in [0.15, 0.2) is 24.3 Å². The monoisotopic (exact) mass is 249 g/mol. The van der Waals surface area contributed by atoms with Gasteiger partial charge in [0.2, 0.25) is 0 Å². The zero-order valence-corrected chi connectivity index (χ0v) is 10.4. The molecule has 1 aliphatic rings. The van der Waals surface area contributed by atoms with Gasteiger partial charge in [0.05, 0.1) is 5.56 Å². The number of aromatic carboxylic acids is 1. The lowest BCUT2D eigenvalue weighted by molar-refractivity contribution is 0.0697. The number of benzene rings is 1. The molecule has 98 valence electrons. The summed E-state index contributed by atoms with van der Waals surface area (Å²) < 4.78 is 0. The summed E-state index contributed by atoms with van der Waals surface area (Å²) in [6, 6.07) is 6.85. The van der Waals surface area contributed by atoms with E-state index in [1.165, 1.54) is 0 Å². The summed E-state index contributed by atoms with van der Waals surface area (Å²) in [7, 11) is 0. The van der Waals surface area contributed by atoms with E-state index in [0.717, 1.165) is 45.0 Å². The third-order valence-electron chi connectivity index (χ3n) is 3.10. The van der Waals surface area contributed by atoms with Gasteiger partial charge < -0.3 is 15.7 Å². The molecule has 1 aromatic carbocycles. The van der Waals surface area contributed by atoms with E-state index in [-0.39, 0.29) is 0 Å². The number of carboxylic acid groups (broad SMARTS) is 1. The molecule has 0 bridgehead atoms. The molecule has 0 radical (unpaired) electrons. The fourth-order valence-electron chi connectivity index (χ4n) is 2.02. The predicted molar refractivity (Wildman–Crippen MR) is 71.2 cm³/mol. The first-order chi connectivity index (χ1) is 8.75. The number of rotatable bonds is 5. The molecule has 1 aromatic rings. The zero-order valence-electron chi connectivity index (χ0n) is 10.4. The molecule has 0 spiro atoms. The Kier molecular flexibility index (Phi) is 4.55. The van der Waals surface area contributed by atoms with Gasteiger partial charge in [-0.1, -0.05) is 0 Å². The normalized spacial score (nSPS) is 16.4. The number of hydrogen-bond acceptors (Lipinski definition) is 4. The highest BCUT2D eigenvalue weighted by Gasteiger charge is 2.08. The van der Waals surface area contributed by atoms with E-state index in [1.54, 1.807) is 24.3 Å². The smallest absolute Gasteiger partial charge is 0.335 e. The lowest BCUT2D eigenvalue weighted by Gasteiger charge is -2.27. The van der Waals surface area contributed by atoms with Crippen LogP contribution in [0.3, 0.4) is 0 Å². The van der Waals surface area contributed by atoms with Crippen molar-refractivity contribution in [3.8, 4) is 0 Å². The number of nitrogens with zero attached hydrogens (tertiary/aromatic N) is 1. The van der Waals surface area contributed by atoms with E-state index in [0.29, 0.717) is 5.56 Å². The maximum atomic E-state index is 10.7. The van der Waals surface area contributed by atoms with Crippen LogP contribution in [0.1, 0.15) is 10.4 Å². The van der Waals surface area contributed by atoms with Gasteiger partial charge in [-0.25, -0.2) is 4.79 Å². The van der Waals surface area contributed by atoms with Crippen molar-refractivity contribution in [2.24, 2.45) is 0 Å². The molecule has 2 rings (SSSR count). The van der Waals surface area contributed by atoms with Gasteiger partial charge in [0.15, 0.2) is 0 Å². The minimum absolute atomic E-state index is 0.322. The van der Waals surface area contributed by atoms with Crippen molar-refractivity contribution in [2.45, 2.75) is 0 Å². The maximum absolute atomic E-state index is 10.7. The molecular weight excluding hydrogens is 230 g/mol. The molecule has 0 amide bonds. The number of carbonyl (C=O) groups is 1. The van der Waals surface area contributed by atoms with E-state index >= 15 is 0 Å². The molecule has 0 atom stereocenters. The van der Waals surface area contributed by atoms with E-state index in [4.69, 9.17) is 5.11 Å². The number of anilines is 1. The van der Waals surface area contributed by atoms with Gasteiger partial charge in [0, 0.05) is 45.0 Å². The minimum atomic E-state index is -0.887. The summed E-state index contributed by atoms with van der Waals surface area (Å²) in [5, 5.41) is 15.4. The second kappa shape index (κ2) is 6.37. The topological polar surface area (TPSA) is 64.6 Å². The molecule has 1 saturated heterocycles. The molecule has 0 aromatic heterocycles. The van der Waals surface area contributed by atoms with Gasteiger partial charge in [-0.05, 0) is 24.3 Å². The average Bonchev–Trinajstić information content (AvgIpc) is 2.40. The summed E-state index contributed by atoms with van der Waals surface area (Å²) in [5.74, 6) is -0.887. The van der Waals surface area contributed by atoms with Gasteiger partial charge in [-0.15, -0.1) is 0 Å². The van der Waals surface area contributed by atoms with Gasteiger partial charge in [-0.3, -0.25) is 4.90 Å². The third-order valence-corrected chi connectivity index (χ3v) is 3.10. The summed E-state index contributed by atoms with van der Waals surface area (Å²) >= 11 is 0. The SMILES string of the molecule is O=C(O)c1ccc(NCCN2CCNCC2)cc1. The second-order valence-corrected chi connectivity index (χ2v) is 4.40. The maximum Gasteiger partial charge on any atom is 0.335 e. The Hall–Kier alpha value is -1.59. The lowest BCUT2D eigenvalue weighted by Crippen LogP contribution is -2.45. The van der Waals surface area contributed by atoms with Crippen LogP contribution >= 0.6 is 0 Å². The number of piperazine rings is 1. The molecule has 1 fully saturated rings.